The Kier molecular flexibility index (Phi) is 9.26. The van der Waals surface area contributed by atoms with E-state index in [0.29, 0.717) is 17.8 Å². The molecule has 0 saturated carbocycles. The summed E-state index contributed by atoms with van der Waals surface area (Å²) in [6.07, 6.45) is 3.28. The van der Waals surface area contributed by atoms with Crippen molar-refractivity contribution < 1.29 is 17.6 Å². The van der Waals surface area contributed by atoms with Crippen LogP contribution in [-0.4, -0.2) is 23.7 Å². The first-order valence-electron chi connectivity index (χ1n) is 11.4. The van der Waals surface area contributed by atoms with E-state index in [1.165, 1.54) is 40.7 Å². The molecule has 196 valence electrons. The van der Waals surface area contributed by atoms with Crippen LogP contribution in [0.4, 0.5) is 14.9 Å². The van der Waals surface area contributed by atoms with Gasteiger partial charge in [-0.15, -0.1) is 0 Å². The molecule has 38 heavy (non-hydrogen) atoms. The zero-order chi connectivity index (χ0) is 27.1. The fourth-order valence-electron chi connectivity index (χ4n) is 3.60. The molecule has 0 aliphatic carbocycles. The number of carbonyl (C=O) groups is 1. The van der Waals surface area contributed by atoms with Crippen LogP contribution in [0.1, 0.15) is 16.7 Å². The lowest BCUT2D eigenvalue weighted by Gasteiger charge is -2.24. The normalized spacial score (nSPS) is 11.4. The summed E-state index contributed by atoms with van der Waals surface area (Å²) in [6.45, 7) is 0.427. The Bertz CT molecular complexity index is 1480. The van der Waals surface area contributed by atoms with Gasteiger partial charge in [-0.25, -0.2) is 17.6 Å². The molecule has 0 saturated heterocycles. The van der Waals surface area contributed by atoms with Crippen LogP contribution in [0, 0.1) is 5.82 Å². The maximum Gasteiger partial charge on any atom is 0.319 e. The monoisotopic (exact) mass is 660 g/mol. The van der Waals surface area contributed by atoms with Crippen LogP contribution < -0.4 is 10.6 Å². The summed E-state index contributed by atoms with van der Waals surface area (Å²) in [4.78, 5) is 16.3. The molecule has 0 spiro atoms. The summed E-state index contributed by atoms with van der Waals surface area (Å²) < 4.78 is 43.8. The van der Waals surface area contributed by atoms with Crippen molar-refractivity contribution in [3.8, 4) is 0 Å². The molecule has 0 aliphatic rings. The van der Waals surface area contributed by atoms with Crippen molar-refractivity contribution in [3.63, 3.8) is 0 Å². The molecule has 0 bridgehead atoms. The van der Waals surface area contributed by atoms with Crippen molar-refractivity contribution >= 4 is 53.6 Å². The summed E-state index contributed by atoms with van der Waals surface area (Å²) in [5.74, 6) is -0.399. The number of hydrogen-bond donors (Lipinski definition) is 2. The van der Waals surface area contributed by atoms with Crippen LogP contribution in [-0.2, 0) is 29.7 Å². The molecule has 1 aromatic heterocycles. The smallest absolute Gasteiger partial charge is 0.319 e. The molecule has 0 radical (unpaired) electrons. The fraction of sp³-hybridized carbons (Fsp3) is 0.111. The van der Waals surface area contributed by atoms with Gasteiger partial charge in [0.1, 0.15) is 5.82 Å². The first kappa shape index (κ1) is 27.9. The summed E-state index contributed by atoms with van der Waals surface area (Å²) in [6, 6.07) is 20.4. The van der Waals surface area contributed by atoms with Gasteiger partial charge in [0.05, 0.1) is 4.90 Å². The summed E-state index contributed by atoms with van der Waals surface area (Å²) >= 11 is 7.01. The maximum absolute atomic E-state index is 13.7. The van der Waals surface area contributed by atoms with Crippen LogP contribution in [0.2, 0.25) is 0 Å². The number of halogens is 3. The number of anilines is 1. The highest BCUT2D eigenvalue weighted by Gasteiger charge is 2.26. The van der Waals surface area contributed by atoms with E-state index in [-0.39, 0.29) is 18.0 Å². The molecular formula is C27H23Br2FN4O3S. The van der Waals surface area contributed by atoms with Crippen molar-refractivity contribution in [1.82, 2.24) is 14.6 Å². The van der Waals surface area contributed by atoms with Gasteiger partial charge in [-0.2, -0.15) is 4.31 Å². The molecule has 11 heteroatoms. The lowest BCUT2D eigenvalue weighted by molar-refractivity contribution is 0.251. The molecule has 4 aromatic rings. The van der Waals surface area contributed by atoms with E-state index in [0.717, 1.165) is 20.1 Å². The van der Waals surface area contributed by atoms with Crippen molar-refractivity contribution in [1.29, 1.82) is 0 Å². The number of nitrogens with zero attached hydrogens (tertiary/aromatic N) is 2. The van der Waals surface area contributed by atoms with Gasteiger partial charge in [-0.3, -0.25) is 4.98 Å². The predicted octanol–water partition coefficient (Wildman–Crippen LogP) is 6.46. The number of rotatable bonds is 9. The van der Waals surface area contributed by atoms with E-state index >= 15 is 0 Å². The van der Waals surface area contributed by atoms with Crippen LogP contribution in [0.25, 0.3) is 0 Å². The third kappa shape index (κ3) is 7.25. The number of urea groups is 1. The quantitative estimate of drug-likeness (QED) is 0.216. The summed E-state index contributed by atoms with van der Waals surface area (Å²) in [7, 11) is -3.97. The Morgan fingerprint density at radius 3 is 2.11 bits per heavy atom. The van der Waals surface area contributed by atoms with Crippen molar-refractivity contribution in [2.45, 2.75) is 24.5 Å². The molecule has 2 N–H and O–H groups in total. The standard InChI is InChI=1S/C27H23Br2FN4O3S/c28-25-2-1-3-26(29)24(25)18-34(17-20-4-6-21(30)7-5-20)38(36,37)23-10-8-22(9-11-23)33-27(35)32-16-19-12-14-31-15-13-19/h1-15H,16-18H2,(H2,32,33,35). The van der Waals surface area contributed by atoms with Crippen LogP contribution in [0.3, 0.4) is 0 Å². The first-order valence-corrected chi connectivity index (χ1v) is 14.5. The van der Waals surface area contributed by atoms with E-state index in [1.54, 1.807) is 36.7 Å². The minimum absolute atomic E-state index is 0.0355. The number of carbonyl (C=O) groups excluding carboxylic acids is 1. The van der Waals surface area contributed by atoms with Crippen LogP contribution in [0.5, 0.6) is 0 Å². The number of hydrogen-bond acceptors (Lipinski definition) is 4. The van der Waals surface area contributed by atoms with E-state index in [9.17, 15) is 17.6 Å². The zero-order valence-corrected chi connectivity index (χ0v) is 23.9. The molecule has 7 nitrogen and oxygen atoms in total. The van der Waals surface area contributed by atoms with Crippen molar-refractivity contribution in [2.24, 2.45) is 0 Å². The molecule has 3 aromatic carbocycles. The lowest BCUT2D eigenvalue weighted by atomic mass is 10.2. The molecule has 1 heterocycles. The van der Waals surface area contributed by atoms with Crippen LogP contribution in [0.15, 0.2) is 105 Å². The van der Waals surface area contributed by atoms with Gasteiger partial charge in [-0.1, -0.05) is 50.1 Å². The third-order valence-corrected chi connectivity index (χ3v) is 8.91. The molecular weight excluding hydrogens is 639 g/mol. The average Bonchev–Trinajstić information content (AvgIpc) is 2.91. The predicted molar refractivity (Wildman–Crippen MR) is 151 cm³/mol. The average molecular weight is 662 g/mol. The molecule has 4 rings (SSSR count). The van der Waals surface area contributed by atoms with Gasteiger partial charge in [0.2, 0.25) is 10.0 Å². The van der Waals surface area contributed by atoms with E-state index in [4.69, 9.17) is 0 Å². The number of aromatic nitrogens is 1. The number of pyridine rings is 1. The Hall–Kier alpha value is -3.12. The Morgan fingerprint density at radius 2 is 1.47 bits per heavy atom. The minimum Gasteiger partial charge on any atom is -0.334 e. The topological polar surface area (TPSA) is 91.4 Å². The highest BCUT2D eigenvalue weighted by Crippen LogP contribution is 2.30. The minimum atomic E-state index is -3.97. The van der Waals surface area contributed by atoms with E-state index < -0.39 is 21.9 Å². The molecule has 0 fully saturated rings. The second-order valence-corrected chi connectivity index (χ2v) is 11.9. The van der Waals surface area contributed by atoms with Gasteiger partial charge in [0, 0.05) is 46.7 Å². The Labute approximate surface area is 237 Å². The molecule has 0 aliphatic heterocycles. The van der Waals surface area contributed by atoms with Gasteiger partial charge < -0.3 is 10.6 Å². The summed E-state index contributed by atoms with van der Waals surface area (Å²) in [5, 5.41) is 5.44. The fourth-order valence-corrected chi connectivity index (χ4v) is 6.24. The Morgan fingerprint density at radius 1 is 0.842 bits per heavy atom. The van der Waals surface area contributed by atoms with Gasteiger partial charge in [0.15, 0.2) is 0 Å². The van der Waals surface area contributed by atoms with Crippen molar-refractivity contribution in [3.05, 3.63) is 123 Å². The number of benzene rings is 3. The largest absolute Gasteiger partial charge is 0.334 e. The van der Waals surface area contributed by atoms with Gasteiger partial charge >= 0.3 is 6.03 Å². The van der Waals surface area contributed by atoms with Gasteiger partial charge in [0.25, 0.3) is 0 Å². The number of nitrogens with one attached hydrogen (secondary N) is 2. The van der Waals surface area contributed by atoms with E-state index in [2.05, 4.69) is 47.5 Å². The maximum atomic E-state index is 13.7. The lowest BCUT2D eigenvalue weighted by Crippen LogP contribution is -2.31. The van der Waals surface area contributed by atoms with Crippen molar-refractivity contribution in [2.75, 3.05) is 5.32 Å². The van der Waals surface area contributed by atoms with Crippen LogP contribution >= 0.6 is 31.9 Å². The molecule has 0 atom stereocenters. The van der Waals surface area contributed by atoms with E-state index in [1.807, 2.05) is 18.2 Å². The summed E-state index contributed by atoms with van der Waals surface area (Å²) in [5.41, 5.74) is 2.73. The molecule has 0 unspecified atom stereocenters. The highest BCUT2D eigenvalue weighted by atomic mass is 79.9. The zero-order valence-electron chi connectivity index (χ0n) is 19.9. The second-order valence-electron chi connectivity index (χ2n) is 8.29. The third-order valence-electron chi connectivity index (χ3n) is 5.62. The second kappa shape index (κ2) is 12.6. The number of sulfonamides is 1. The Balaban J connectivity index is 1.53. The number of amides is 2. The first-order chi connectivity index (χ1) is 18.2. The molecule has 2 amide bonds. The SMILES string of the molecule is O=C(NCc1ccncc1)Nc1ccc(S(=O)(=O)N(Cc2ccc(F)cc2)Cc2c(Br)cccc2Br)cc1. The highest BCUT2D eigenvalue weighted by molar-refractivity contribution is 9.11. The van der Waals surface area contributed by atoms with Gasteiger partial charge in [-0.05, 0) is 77.4 Å².